The van der Waals surface area contributed by atoms with Crippen LogP contribution in [0.2, 0.25) is 0 Å². The van der Waals surface area contributed by atoms with Crippen molar-refractivity contribution in [1.29, 1.82) is 0 Å². The Morgan fingerprint density at radius 1 is 1.05 bits per heavy atom. The van der Waals surface area contributed by atoms with Crippen molar-refractivity contribution >= 4 is 49.0 Å². The molecule has 4 heteroatoms. The second-order valence-corrected chi connectivity index (χ2v) is 7.98. The van der Waals surface area contributed by atoms with E-state index >= 15 is 0 Å². The summed E-state index contributed by atoms with van der Waals surface area (Å²) in [6.07, 6.45) is 4.76. The van der Waals surface area contributed by atoms with Crippen LogP contribution >= 0.6 is 43.2 Å². The zero-order valence-electron chi connectivity index (χ0n) is 10.2. The number of benzene rings is 1. The van der Waals surface area contributed by atoms with Gasteiger partial charge >= 0.3 is 0 Å². The van der Waals surface area contributed by atoms with Gasteiger partial charge in [-0.2, -0.15) is 0 Å². The molecule has 0 saturated heterocycles. The van der Waals surface area contributed by atoms with E-state index < -0.39 is 0 Å². The quantitative estimate of drug-likeness (QED) is 0.619. The Kier molecular flexibility index (Phi) is 3.92. The molecule has 1 heterocycles. The molecule has 19 heavy (non-hydrogen) atoms. The highest BCUT2D eigenvalue weighted by molar-refractivity contribution is 9.13. The van der Waals surface area contributed by atoms with E-state index in [2.05, 4.69) is 44.0 Å². The summed E-state index contributed by atoms with van der Waals surface area (Å²) < 4.78 is 1.91. The summed E-state index contributed by atoms with van der Waals surface area (Å²) in [5.74, 6) is 0.116. The molecule has 0 amide bonds. The molecule has 1 aromatic heterocycles. The molecule has 0 radical (unpaired) electrons. The third-order valence-corrected chi connectivity index (χ3v) is 6.73. The summed E-state index contributed by atoms with van der Waals surface area (Å²) in [7, 11) is 0. The molecule has 0 spiro atoms. The van der Waals surface area contributed by atoms with Crippen molar-refractivity contribution in [2.24, 2.45) is 0 Å². The lowest BCUT2D eigenvalue weighted by Crippen LogP contribution is -2.06. The Morgan fingerprint density at radius 3 is 2.47 bits per heavy atom. The van der Waals surface area contributed by atoms with Crippen LogP contribution in [0.3, 0.4) is 0 Å². The van der Waals surface area contributed by atoms with Crippen molar-refractivity contribution in [2.45, 2.75) is 25.7 Å². The van der Waals surface area contributed by atoms with Crippen molar-refractivity contribution in [1.82, 2.24) is 0 Å². The molecule has 0 saturated carbocycles. The van der Waals surface area contributed by atoms with Crippen LogP contribution in [0.25, 0.3) is 0 Å². The Labute approximate surface area is 133 Å². The van der Waals surface area contributed by atoms with Gasteiger partial charge in [0.1, 0.15) is 0 Å². The number of hydrogen-bond acceptors (Lipinski definition) is 2. The van der Waals surface area contributed by atoms with Crippen molar-refractivity contribution < 1.29 is 4.79 Å². The average molecular weight is 400 g/mol. The molecular weight excluding hydrogens is 388 g/mol. The predicted molar refractivity (Wildman–Crippen MR) is 86.2 cm³/mol. The molecule has 0 fully saturated rings. The third kappa shape index (κ3) is 2.71. The number of thiophene rings is 1. The lowest BCUT2D eigenvalue weighted by Gasteiger charge is -2.16. The molecule has 1 aromatic carbocycles. The van der Waals surface area contributed by atoms with Crippen molar-refractivity contribution in [3.63, 3.8) is 0 Å². The van der Waals surface area contributed by atoms with Gasteiger partial charge in [-0.1, -0.05) is 12.1 Å². The van der Waals surface area contributed by atoms with Gasteiger partial charge in [0.2, 0.25) is 5.78 Å². The molecule has 98 valence electrons. The van der Waals surface area contributed by atoms with E-state index in [9.17, 15) is 4.79 Å². The molecule has 0 aliphatic heterocycles. The summed E-state index contributed by atoms with van der Waals surface area (Å²) in [6.45, 7) is 0. The maximum absolute atomic E-state index is 12.5. The van der Waals surface area contributed by atoms with E-state index in [0.717, 1.165) is 31.5 Å². The van der Waals surface area contributed by atoms with Crippen LogP contribution in [0.1, 0.15) is 39.2 Å². The maximum Gasteiger partial charge on any atom is 0.203 e. The molecular formula is C15H12Br2OS. The van der Waals surface area contributed by atoms with Gasteiger partial charge in [0.15, 0.2) is 0 Å². The maximum atomic E-state index is 12.5. The smallest absolute Gasteiger partial charge is 0.203 e. The standard InChI is InChI=1S/C15H12Br2OS/c16-12-8-13(19-15(12)17)14(18)11-6-5-9-3-1-2-4-10(9)7-11/h5-8H,1-4H2. The third-order valence-electron chi connectivity index (χ3n) is 3.48. The summed E-state index contributed by atoms with van der Waals surface area (Å²) >= 11 is 8.34. The first kappa shape index (κ1) is 13.5. The number of rotatable bonds is 2. The van der Waals surface area contributed by atoms with Gasteiger partial charge in [0.25, 0.3) is 0 Å². The Balaban J connectivity index is 1.95. The average Bonchev–Trinajstić information content (AvgIpc) is 2.77. The largest absolute Gasteiger partial charge is 0.288 e. The number of carbonyl (C=O) groups is 1. The number of halogens is 2. The highest BCUT2D eigenvalue weighted by Gasteiger charge is 2.16. The normalized spacial score (nSPS) is 14.2. The first-order chi connectivity index (χ1) is 9.15. The zero-order chi connectivity index (χ0) is 13.4. The van der Waals surface area contributed by atoms with Gasteiger partial charge in [0, 0.05) is 10.0 Å². The van der Waals surface area contributed by atoms with Crippen LogP contribution in [0.4, 0.5) is 0 Å². The van der Waals surface area contributed by atoms with Crippen LogP contribution in [0.15, 0.2) is 32.5 Å². The van der Waals surface area contributed by atoms with Gasteiger partial charge in [-0.3, -0.25) is 4.79 Å². The summed E-state index contributed by atoms with van der Waals surface area (Å²) in [5.41, 5.74) is 3.57. The first-order valence-electron chi connectivity index (χ1n) is 6.26. The zero-order valence-corrected chi connectivity index (χ0v) is 14.2. The van der Waals surface area contributed by atoms with Crippen LogP contribution in [0, 0.1) is 0 Å². The lowest BCUT2D eigenvalue weighted by atomic mass is 9.89. The molecule has 3 rings (SSSR count). The van der Waals surface area contributed by atoms with Gasteiger partial charge in [-0.05, 0) is 80.8 Å². The van der Waals surface area contributed by atoms with Crippen LogP contribution < -0.4 is 0 Å². The second-order valence-electron chi connectivity index (χ2n) is 4.75. The summed E-state index contributed by atoms with van der Waals surface area (Å²) in [5, 5.41) is 0. The van der Waals surface area contributed by atoms with Crippen LogP contribution in [-0.2, 0) is 12.8 Å². The van der Waals surface area contributed by atoms with E-state index in [4.69, 9.17) is 0 Å². The van der Waals surface area contributed by atoms with Crippen molar-refractivity contribution in [3.8, 4) is 0 Å². The lowest BCUT2D eigenvalue weighted by molar-refractivity contribution is 0.104. The minimum Gasteiger partial charge on any atom is -0.288 e. The fourth-order valence-electron chi connectivity index (χ4n) is 2.48. The second kappa shape index (κ2) is 5.51. The van der Waals surface area contributed by atoms with Gasteiger partial charge in [-0.25, -0.2) is 0 Å². The Bertz CT molecular complexity index is 626. The highest BCUT2D eigenvalue weighted by Crippen LogP contribution is 2.34. The Hall–Kier alpha value is -0.450. The molecule has 1 nitrogen and oxygen atoms in total. The fourth-order valence-corrected chi connectivity index (χ4v) is 4.47. The fraction of sp³-hybridized carbons (Fsp3) is 0.267. The number of ketones is 1. The van der Waals surface area contributed by atoms with Crippen LogP contribution in [0.5, 0.6) is 0 Å². The van der Waals surface area contributed by atoms with Crippen molar-refractivity contribution in [2.75, 3.05) is 0 Å². The topological polar surface area (TPSA) is 17.1 Å². The first-order valence-corrected chi connectivity index (χ1v) is 8.67. The van der Waals surface area contributed by atoms with E-state index in [1.165, 1.54) is 35.3 Å². The molecule has 0 N–H and O–H groups in total. The number of hydrogen-bond donors (Lipinski definition) is 0. The van der Waals surface area contributed by atoms with Gasteiger partial charge in [0.05, 0.1) is 8.66 Å². The number of carbonyl (C=O) groups excluding carboxylic acids is 1. The minimum atomic E-state index is 0.116. The van der Waals surface area contributed by atoms with E-state index in [-0.39, 0.29) is 5.78 Å². The van der Waals surface area contributed by atoms with E-state index in [0.29, 0.717) is 0 Å². The highest BCUT2D eigenvalue weighted by atomic mass is 79.9. The molecule has 0 unspecified atom stereocenters. The van der Waals surface area contributed by atoms with Gasteiger partial charge < -0.3 is 0 Å². The van der Waals surface area contributed by atoms with Crippen LogP contribution in [-0.4, -0.2) is 5.78 Å². The molecule has 1 aliphatic carbocycles. The number of aryl methyl sites for hydroxylation is 2. The molecule has 2 aromatic rings. The Morgan fingerprint density at radius 2 is 1.79 bits per heavy atom. The predicted octanol–water partition coefficient (Wildman–Crippen LogP) is 5.38. The SMILES string of the molecule is O=C(c1ccc2c(c1)CCCC2)c1cc(Br)c(Br)s1. The molecule has 1 aliphatic rings. The van der Waals surface area contributed by atoms with Gasteiger partial charge in [-0.15, -0.1) is 11.3 Å². The molecule has 0 atom stereocenters. The molecule has 0 bridgehead atoms. The number of fused-ring (bicyclic) bond motifs is 1. The summed E-state index contributed by atoms with van der Waals surface area (Å²) in [6, 6.07) is 8.06. The minimum absolute atomic E-state index is 0.116. The van der Waals surface area contributed by atoms with E-state index in [1.807, 2.05) is 12.1 Å². The summed E-state index contributed by atoms with van der Waals surface area (Å²) in [4.78, 5) is 13.2. The van der Waals surface area contributed by atoms with E-state index in [1.54, 1.807) is 0 Å². The van der Waals surface area contributed by atoms with Crippen molar-refractivity contribution in [3.05, 3.63) is 54.1 Å². The monoisotopic (exact) mass is 398 g/mol.